The number of morpholine rings is 1. The lowest BCUT2D eigenvalue weighted by Crippen LogP contribution is -2.36. The molecular weight excluding hydrogens is 322 g/mol. The molecule has 7 nitrogen and oxygen atoms in total. The fourth-order valence-corrected chi connectivity index (χ4v) is 2.71. The summed E-state index contributed by atoms with van der Waals surface area (Å²) in [5, 5.41) is 20.8. The first kappa shape index (κ1) is 16.9. The minimum Gasteiger partial charge on any atom is -0.507 e. The van der Waals surface area contributed by atoms with E-state index in [1.807, 2.05) is 25.1 Å². The number of aryl methyl sites for hydroxylation is 1. The maximum absolute atomic E-state index is 10.9. The highest BCUT2D eigenvalue weighted by Gasteiger charge is 2.15. The number of non-ortho nitro benzene ring substituents is 1. The number of nitro groups is 1. The lowest BCUT2D eigenvalue weighted by molar-refractivity contribution is -0.384. The van der Waals surface area contributed by atoms with Crippen LogP contribution in [0, 0.1) is 17.0 Å². The molecule has 0 unspecified atom stereocenters. The Hall–Kier alpha value is -2.93. The molecule has 0 aromatic heterocycles. The minimum absolute atomic E-state index is 0.0464. The summed E-state index contributed by atoms with van der Waals surface area (Å²) in [4.78, 5) is 17.1. The van der Waals surface area contributed by atoms with Crippen molar-refractivity contribution in [2.75, 3.05) is 31.2 Å². The topological polar surface area (TPSA) is 88.2 Å². The third kappa shape index (κ3) is 3.95. The molecule has 1 fully saturated rings. The van der Waals surface area contributed by atoms with Gasteiger partial charge in [-0.15, -0.1) is 0 Å². The number of hydrogen-bond acceptors (Lipinski definition) is 6. The normalized spacial score (nSPS) is 14.8. The number of nitro benzene ring substituents is 1. The first-order chi connectivity index (χ1) is 12.0. The van der Waals surface area contributed by atoms with Crippen molar-refractivity contribution in [1.82, 2.24) is 0 Å². The molecule has 0 amide bonds. The largest absolute Gasteiger partial charge is 0.507 e. The summed E-state index contributed by atoms with van der Waals surface area (Å²) in [6.45, 7) is 4.89. The summed E-state index contributed by atoms with van der Waals surface area (Å²) in [6, 6.07) is 9.87. The zero-order valence-corrected chi connectivity index (χ0v) is 13.9. The fourth-order valence-electron chi connectivity index (χ4n) is 2.71. The molecule has 130 valence electrons. The second-order valence-electron chi connectivity index (χ2n) is 5.85. The molecule has 0 spiro atoms. The van der Waals surface area contributed by atoms with E-state index >= 15 is 0 Å². The van der Waals surface area contributed by atoms with E-state index < -0.39 is 4.92 Å². The van der Waals surface area contributed by atoms with Gasteiger partial charge < -0.3 is 14.7 Å². The summed E-state index contributed by atoms with van der Waals surface area (Å²) in [5.74, 6) is -0.0464. The number of aromatic hydroxyl groups is 1. The van der Waals surface area contributed by atoms with Crippen molar-refractivity contribution < 1.29 is 14.8 Å². The van der Waals surface area contributed by atoms with E-state index in [0.717, 1.165) is 30.0 Å². The summed E-state index contributed by atoms with van der Waals surface area (Å²) in [5.41, 5.74) is 3.02. The first-order valence-corrected chi connectivity index (χ1v) is 7.99. The van der Waals surface area contributed by atoms with Gasteiger partial charge in [-0.25, -0.2) is 0 Å². The van der Waals surface area contributed by atoms with Crippen LogP contribution in [-0.4, -0.2) is 42.5 Å². The highest BCUT2D eigenvalue weighted by molar-refractivity contribution is 5.88. The molecule has 1 N–H and O–H groups in total. The number of benzene rings is 2. The number of rotatable bonds is 4. The predicted octanol–water partition coefficient (Wildman–Crippen LogP) is 3.20. The molecule has 0 aliphatic carbocycles. The van der Waals surface area contributed by atoms with Gasteiger partial charge in [-0.05, 0) is 30.7 Å². The molecule has 7 heteroatoms. The molecule has 25 heavy (non-hydrogen) atoms. The molecule has 2 aromatic rings. The average Bonchev–Trinajstić information content (AvgIpc) is 2.61. The second-order valence-corrected chi connectivity index (χ2v) is 5.85. The Balaban J connectivity index is 1.94. The lowest BCUT2D eigenvalue weighted by Gasteiger charge is -2.29. The van der Waals surface area contributed by atoms with Crippen molar-refractivity contribution in [2.45, 2.75) is 6.92 Å². The van der Waals surface area contributed by atoms with Gasteiger partial charge in [0.2, 0.25) is 0 Å². The number of phenols is 1. The molecule has 1 heterocycles. The Kier molecular flexibility index (Phi) is 4.95. The standard InChI is InChI=1S/C18H19N3O4/c1-13-2-4-17(20-6-8-25-9-7-20)16(10-13)19-12-14-11-15(21(23)24)3-5-18(14)22/h2-5,10-12,22H,6-9H2,1H3. The maximum Gasteiger partial charge on any atom is 0.270 e. The molecule has 1 saturated heterocycles. The van der Waals surface area contributed by atoms with E-state index in [2.05, 4.69) is 9.89 Å². The molecule has 2 aromatic carbocycles. The Morgan fingerprint density at radius 3 is 2.72 bits per heavy atom. The Morgan fingerprint density at radius 1 is 1.24 bits per heavy atom. The third-order valence-corrected chi connectivity index (χ3v) is 4.05. The summed E-state index contributed by atoms with van der Waals surface area (Å²) >= 11 is 0. The molecule has 0 saturated carbocycles. The maximum atomic E-state index is 10.9. The summed E-state index contributed by atoms with van der Waals surface area (Å²) in [7, 11) is 0. The third-order valence-electron chi connectivity index (χ3n) is 4.05. The van der Waals surface area contributed by atoms with Crippen LogP contribution < -0.4 is 4.90 Å². The molecule has 0 bridgehead atoms. The highest BCUT2D eigenvalue weighted by Crippen LogP contribution is 2.31. The van der Waals surface area contributed by atoms with Crippen molar-refractivity contribution >= 4 is 23.3 Å². The van der Waals surface area contributed by atoms with Crippen molar-refractivity contribution in [1.29, 1.82) is 0 Å². The van der Waals surface area contributed by atoms with E-state index in [9.17, 15) is 15.2 Å². The van der Waals surface area contributed by atoms with Gasteiger partial charge in [0.05, 0.1) is 29.5 Å². The van der Waals surface area contributed by atoms with Gasteiger partial charge in [0, 0.05) is 37.0 Å². The Bertz CT molecular complexity index is 814. The van der Waals surface area contributed by atoms with Gasteiger partial charge in [-0.1, -0.05) is 6.07 Å². The number of anilines is 1. The highest BCUT2D eigenvalue weighted by atomic mass is 16.6. The number of aliphatic imine (C=N–C) groups is 1. The van der Waals surface area contributed by atoms with Crippen LogP contribution in [0.5, 0.6) is 5.75 Å². The number of nitrogens with zero attached hydrogens (tertiary/aromatic N) is 3. The summed E-state index contributed by atoms with van der Waals surface area (Å²) < 4.78 is 5.39. The molecular formula is C18H19N3O4. The van der Waals surface area contributed by atoms with Crippen molar-refractivity contribution in [3.8, 4) is 5.75 Å². The molecule has 0 atom stereocenters. The van der Waals surface area contributed by atoms with E-state index in [1.165, 1.54) is 24.4 Å². The van der Waals surface area contributed by atoms with Crippen LogP contribution in [0.4, 0.5) is 17.1 Å². The van der Waals surface area contributed by atoms with Crippen LogP contribution in [0.25, 0.3) is 0 Å². The smallest absolute Gasteiger partial charge is 0.270 e. The monoisotopic (exact) mass is 341 g/mol. The average molecular weight is 341 g/mol. The van der Waals surface area contributed by atoms with Crippen LogP contribution in [0.3, 0.4) is 0 Å². The quantitative estimate of drug-likeness (QED) is 0.524. The van der Waals surface area contributed by atoms with E-state index in [1.54, 1.807) is 0 Å². The fraction of sp³-hybridized carbons (Fsp3) is 0.278. The second kappa shape index (κ2) is 7.31. The van der Waals surface area contributed by atoms with E-state index in [0.29, 0.717) is 18.8 Å². The molecule has 1 aliphatic heterocycles. The van der Waals surface area contributed by atoms with Gasteiger partial charge in [0.1, 0.15) is 5.75 Å². The number of ether oxygens (including phenoxy) is 1. The zero-order valence-electron chi connectivity index (χ0n) is 13.9. The lowest BCUT2D eigenvalue weighted by atomic mass is 10.1. The SMILES string of the molecule is Cc1ccc(N2CCOCC2)c(N=Cc2cc([N+](=O)[O-])ccc2O)c1. The Labute approximate surface area is 145 Å². The van der Waals surface area contributed by atoms with Gasteiger partial charge in [-0.3, -0.25) is 15.1 Å². The van der Waals surface area contributed by atoms with Crippen molar-refractivity contribution in [3.05, 3.63) is 57.6 Å². The number of phenolic OH excluding ortho intramolecular Hbond substituents is 1. The van der Waals surface area contributed by atoms with Crippen LogP contribution in [0.15, 0.2) is 41.4 Å². The van der Waals surface area contributed by atoms with Crippen LogP contribution in [-0.2, 0) is 4.74 Å². The van der Waals surface area contributed by atoms with E-state index in [4.69, 9.17) is 4.74 Å². The predicted molar refractivity (Wildman–Crippen MR) is 96.2 cm³/mol. The number of hydrogen-bond donors (Lipinski definition) is 1. The van der Waals surface area contributed by atoms with Crippen molar-refractivity contribution in [2.24, 2.45) is 4.99 Å². The zero-order chi connectivity index (χ0) is 17.8. The Morgan fingerprint density at radius 2 is 2.00 bits per heavy atom. The first-order valence-electron chi connectivity index (χ1n) is 7.99. The van der Waals surface area contributed by atoms with Crippen LogP contribution in [0.2, 0.25) is 0 Å². The van der Waals surface area contributed by atoms with Crippen LogP contribution >= 0.6 is 0 Å². The van der Waals surface area contributed by atoms with Crippen LogP contribution in [0.1, 0.15) is 11.1 Å². The molecule has 1 aliphatic rings. The van der Waals surface area contributed by atoms with E-state index in [-0.39, 0.29) is 11.4 Å². The van der Waals surface area contributed by atoms with Gasteiger partial charge in [0.15, 0.2) is 0 Å². The van der Waals surface area contributed by atoms with Gasteiger partial charge in [0.25, 0.3) is 5.69 Å². The minimum atomic E-state index is -0.497. The summed E-state index contributed by atoms with van der Waals surface area (Å²) in [6.07, 6.45) is 1.46. The van der Waals surface area contributed by atoms with Gasteiger partial charge >= 0.3 is 0 Å². The van der Waals surface area contributed by atoms with Crippen molar-refractivity contribution in [3.63, 3.8) is 0 Å². The molecule has 0 radical (unpaired) electrons. The van der Waals surface area contributed by atoms with Gasteiger partial charge in [-0.2, -0.15) is 0 Å². The molecule has 3 rings (SSSR count).